The van der Waals surface area contributed by atoms with Crippen LogP contribution < -0.4 is 5.32 Å². The monoisotopic (exact) mass is 343 g/mol. The Kier molecular flexibility index (Phi) is 4.25. The zero-order valence-electron chi connectivity index (χ0n) is 14.3. The number of carbonyl (C=O) groups excluding carboxylic acids is 1. The standard InChI is InChI=1S/C18H22FN5O/c1-23-10-2-3-15(23)11-20-18(25)16-17(12-4-5-12)24(22-21-16)14-8-6-13(19)7-9-14/h6-9,12,15H,2-5,10-11H2,1H3,(H,20,25)/t15-/m0/s1. The van der Waals surface area contributed by atoms with Crippen molar-refractivity contribution in [3.05, 3.63) is 41.5 Å². The number of hydrogen-bond acceptors (Lipinski definition) is 4. The van der Waals surface area contributed by atoms with Crippen LogP contribution in [0.2, 0.25) is 0 Å². The number of nitrogens with one attached hydrogen (secondary N) is 1. The van der Waals surface area contributed by atoms with Crippen LogP contribution in [-0.4, -0.2) is 52.0 Å². The van der Waals surface area contributed by atoms with Gasteiger partial charge in [-0.3, -0.25) is 4.79 Å². The molecule has 1 saturated heterocycles. The number of carbonyl (C=O) groups is 1. The van der Waals surface area contributed by atoms with Crippen LogP contribution in [0.5, 0.6) is 0 Å². The normalized spacial score (nSPS) is 20.8. The van der Waals surface area contributed by atoms with Gasteiger partial charge < -0.3 is 10.2 Å². The highest BCUT2D eigenvalue weighted by molar-refractivity contribution is 5.93. The Morgan fingerprint density at radius 3 is 2.68 bits per heavy atom. The van der Waals surface area contributed by atoms with Gasteiger partial charge in [-0.15, -0.1) is 5.10 Å². The Morgan fingerprint density at radius 1 is 1.28 bits per heavy atom. The van der Waals surface area contributed by atoms with Gasteiger partial charge in [0.05, 0.1) is 11.4 Å². The van der Waals surface area contributed by atoms with Gasteiger partial charge in [0.2, 0.25) is 0 Å². The number of likely N-dealkylation sites (tertiary alicyclic amines) is 1. The molecule has 2 aliphatic rings. The molecule has 1 aliphatic carbocycles. The van der Waals surface area contributed by atoms with Gasteiger partial charge >= 0.3 is 0 Å². The number of nitrogens with zero attached hydrogens (tertiary/aromatic N) is 4. The topological polar surface area (TPSA) is 63.1 Å². The third kappa shape index (κ3) is 3.28. The molecule has 2 aromatic rings. The molecule has 1 N–H and O–H groups in total. The van der Waals surface area contributed by atoms with Gasteiger partial charge in [-0.05, 0) is 63.5 Å². The Hall–Kier alpha value is -2.28. The van der Waals surface area contributed by atoms with E-state index in [0.29, 0.717) is 24.2 Å². The molecule has 1 amide bonds. The average Bonchev–Trinajstić information content (AvgIpc) is 3.22. The molecule has 1 aromatic carbocycles. The fourth-order valence-corrected chi connectivity index (χ4v) is 3.48. The molecule has 4 rings (SSSR count). The van der Waals surface area contributed by atoms with Crippen molar-refractivity contribution in [1.82, 2.24) is 25.2 Å². The second kappa shape index (κ2) is 6.55. The van der Waals surface area contributed by atoms with Gasteiger partial charge in [-0.1, -0.05) is 5.21 Å². The molecule has 132 valence electrons. The lowest BCUT2D eigenvalue weighted by Gasteiger charge is -2.19. The molecular formula is C18H22FN5O. The van der Waals surface area contributed by atoms with Gasteiger partial charge in [-0.25, -0.2) is 9.07 Å². The summed E-state index contributed by atoms with van der Waals surface area (Å²) in [4.78, 5) is 14.9. The second-order valence-electron chi connectivity index (χ2n) is 6.97. The van der Waals surface area contributed by atoms with Gasteiger partial charge in [-0.2, -0.15) is 0 Å². The van der Waals surface area contributed by atoms with Crippen molar-refractivity contribution in [2.45, 2.75) is 37.6 Å². The first kappa shape index (κ1) is 16.2. The first-order chi connectivity index (χ1) is 12.1. The fourth-order valence-electron chi connectivity index (χ4n) is 3.48. The largest absolute Gasteiger partial charge is 0.349 e. The first-order valence-corrected chi connectivity index (χ1v) is 8.83. The number of likely N-dealkylation sites (N-methyl/N-ethyl adjacent to an activating group) is 1. The summed E-state index contributed by atoms with van der Waals surface area (Å²) in [5, 5.41) is 11.3. The SMILES string of the molecule is CN1CCC[C@H]1CNC(=O)c1nnn(-c2ccc(F)cc2)c1C1CC1. The third-order valence-corrected chi connectivity index (χ3v) is 5.13. The Morgan fingerprint density at radius 2 is 2.04 bits per heavy atom. The second-order valence-corrected chi connectivity index (χ2v) is 6.97. The van der Waals surface area contributed by atoms with Crippen LogP contribution in [-0.2, 0) is 0 Å². The van der Waals surface area contributed by atoms with Crippen LogP contribution in [0.25, 0.3) is 5.69 Å². The highest BCUT2D eigenvalue weighted by Crippen LogP contribution is 2.41. The van der Waals surface area contributed by atoms with Crippen molar-refractivity contribution < 1.29 is 9.18 Å². The van der Waals surface area contributed by atoms with Gasteiger partial charge in [0.15, 0.2) is 5.69 Å². The van der Waals surface area contributed by atoms with Crippen LogP contribution >= 0.6 is 0 Å². The smallest absolute Gasteiger partial charge is 0.273 e. The van der Waals surface area contributed by atoms with E-state index in [4.69, 9.17) is 0 Å². The van der Waals surface area contributed by atoms with Crippen molar-refractivity contribution >= 4 is 5.91 Å². The molecule has 2 heterocycles. The fraction of sp³-hybridized carbons (Fsp3) is 0.500. The number of hydrogen-bond donors (Lipinski definition) is 1. The number of rotatable bonds is 5. The lowest BCUT2D eigenvalue weighted by atomic mass is 10.2. The van der Waals surface area contributed by atoms with E-state index in [0.717, 1.165) is 37.2 Å². The summed E-state index contributed by atoms with van der Waals surface area (Å²) < 4.78 is 14.8. The zero-order chi connectivity index (χ0) is 17.4. The molecule has 6 nitrogen and oxygen atoms in total. The van der Waals surface area contributed by atoms with Gasteiger partial charge in [0.25, 0.3) is 5.91 Å². The van der Waals surface area contributed by atoms with Gasteiger partial charge in [0, 0.05) is 18.5 Å². The van der Waals surface area contributed by atoms with Crippen molar-refractivity contribution in [3.63, 3.8) is 0 Å². The Labute approximate surface area is 146 Å². The van der Waals surface area contributed by atoms with Crippen molar-refractivity contribution in [3.8, 4) is 5.69 Å². The Bertz CT molecular complexity index is 768. The van der Waals surface area contributed by atoms with Gasteiger partial charge in [0.1, 0.15) is 5.82 Å². The molecule has 25 heavy (non-hydrogen) atoms. The minimum Gasteiger partial charge on any atom is -0.349 e. The van der Waals surface area contributed by atoms with Crippen molar-refractivity contribution in [1.29, 1.82) is 0 Å². The molecule has 1 aliphatic heterocycles. The summed E-state index contributed by atoms with van der Waals surface area (Å²) in [6.07, 6.45) is 4.33. The molecule has 0 radical (unpaired) electrons. The van der Waals surface area contributed by atoms with Crippen LogP contribution in [0, 0.1) is 5.82 Å². The summed E-state index contributed by atoms with van der Waals surface area (Å²) in [5.41, 5.74) is 1.96. The molecule has 1 atom stereocenters. The third-order valence-electron chi connectivity index (χ3n) is 5.13. The molecule has 7 heteroatoms. The highest BCUT2D eigenvalue weighted by Gasteiger charge is 2.34. The molecule has 2 fully saturated rings. The summed E-state index contributed by atoms with van der Waals surface area (Å²) in [7, 11) is 2.09. The van der Waals surface area contributed by atoms with E-state index >= 15 is 0 Å². The maximum atomic E-state index is 13.2. The number of amides is 1. The first-order valence-electron chi connectivity index (χ1n) is 8.83. The molecular weight excluding hydrogens is 321 g/mol. The molecule has 1 saturated carbocycles. The van der Waals surface area contributed by atoms with Crippen molar-refractivity contribution in [2.75, 3.05) is 20.1 Å². The zero-order valence-corrected chi connectivity index (χ0v) is 14.3. The lowest BCUT2D eigenvalue weighted by molar-refractivity contribution is 0.0937. The van der Waals surface area contributed by atoms with Crippen molar-refractivity contribution in [2.24, 2.45) is 0 Å². The minimum absolute atomic E-state index is 0.171. The predicted molar refractivity (Wildman–Crippen MR) is 91.3 cm³/mol. The summed E-state index contributed by atoms with van der Waals surface area (Å²) in [6, 6.07) is 6.49. The van der Waals surface area contributed by atoms with E-state index in [1.54, 1.807) is 16.8 Å². The van der Waals surface area contributed by atoms with E-state index in [2.05, 4.69) is 27.6 Å². The molecule has 0 unspecified atom stereocenters. The summed E-state index contributed by atoms with van der Waals surface area (Å²) >= 11 is 0. The molecule has 0 bridgehead atoms. The minimum atomic E-state index is -0.296. The van der Waals surface area contributed by atoms with E-state index in [1.807, 2.05) is 0 Å². The van der Waals surface area contributed by atoms with Crippen LogP contribution in [0.4, 0.5) is 4.39 Å². The summed E-state index contributed by atoms with van der Waals surface area (Å²) in [5.74, 6) is -0.166. The summed E-state index contributed by atoms with van der Waals surface area (Å²) in [6.45, 7) is 1.71. The molecule has 0 spiro atoms. The molecule has 1 aromatic heterocycles. The highest BCUT2D eigenvalue weighted by atomic mass is 19.1. The average molecular weight is 343 g/mol. The van der Waals surface area contributed by atoms with E-state index < -0.39 is 0 Å². The van der Waals surface area contributed by atoms with E-state index in [9.17, 15) is 9.18 Å². The predicted octanol–water partition coefficient (Wildman–Crippen LogP) is 2.11. The van der Waals surface area contributed by atoms with Crippen LogP contribution in [0.15, 0.2) is 24.3 Å². The quantitative estimate of drug-likeness (QED) is 0.903. The van der Waals surface area contributed by atoms with Crippen LogP contribution in [0.3, 0.4) is 0 Å². The Balaban J connectivity index is 1.55. The van der Waals surface area contributed by atoms with E-state index in [-0.39, 0.29) is 11.7 Å². The maximum Gasteiger partial charge on any atom is 0.273 e. The van der Waals surface area contributed by atoms with Crippen LogP contribution in [0.1, 0.15) is 47.8 Å². The van der Waals surface area contributed by atoms with E-state index in [1.165, 1.54) is 18.6 Å². The number of halogens is 1. The lowest BCUT2D eigenvalue weighted by Crippen LogP contribution is -2.38. The number of aromatic nitrogens is 3. The number of benzene rings is 1. The maximum absolute atomic E-state index is 13.2.